The summed E-state index contributed by atoms with van der Waals surface area (Å²) in [6.07, 6.45) is 4.32. The van der Waals surface area contributed by atoms with Crippen LogP contribution in [0.25, 0.3) is 0 Å². The normalized spacial score (nSPS) is 17.2. The van der Waals surface area contributed by atoms with Crippen molar-refractivity contribution in [1.29, 1.82) is 5.26 Å². The maximum Gasteiger partial charge on any atom is 0.348 e. The molecule has 0 unspecified atom stereocenters. The number of aryl methyl sites for hydroxylation is 2. The molecule has 1 aliphatic rings. The molecule has 0 saturated heterocycles. The summed E-state index contributed by atoms with van der Waals surface area (Å²) in [5.41, 5.74) is 2.00. The molecule has 2 heterocycles. The second-order valence-electron chi connectivity index (χ2n) is 6.51. The minimum absolute atomic E-state index is 0.407. The van der Waals surface area contributed by atoms with Crippen LogP contribution in [0, 0.1) is 24.2 Å². The third-order valence-electron chi connectivity index (χ3n) is 4.64. The van der Waals surface area contributed by atoms with Gasteiger partial charge in [0.25, 0.3) is 0 Å². The number of nitriles is 1. The SMILES string of the molecule is CC[C@H]1CCc2sc(C(=O)OCC(=O)[C@H](C#N)c3nc(C)cs3)cc2C1. The van der Waals surface area contributed by atoms with Crippen molar-refractivity contribution in [3.63, 3.8) is 0 Å². The molecule has 7 heteroatoms. The summed E-state index contributed by atoms with van der Waals surface area (Å²) in [5, 5.41) is 11.5. The first-order valence-electron chi connectivity index (χ1n) is 8.64. The molecule has 0 spiro atoms. The topological polar surface area (TPSA) is 80.0 Å². The maximum atomic E-state index is 12.3. The molecule has 0 bridgehead atoms. The first kappa shape index (κ1) is 18.7. The number of rotatable bonds is 6. The van der Waals surface area contributed by atoms with E-state index in [-0.39, 0.29) is 0 Å². The van der Waals surface area contributed by atoms with E-state index in [0.717, 1.165) is 31.4 Å². The van der Waals surface area contributed by atoms with E-state index < -0.39 is 24.3 Å². The van der Waals surface area contributed by atoms with Crippen LogP contribution in [0.4, 0.5) is 0 Å². The van der Waals surface area contributed by atoms with Gasteiger partial charge in [-0.05, 0) is 43.7 Å². The van der Waals surface area contributed by atoms with E-state index in [9.17, 15) is 14.9 Å². The van der Waals surface area contributed by atoms with Crippen molar-refractivity contribution in [3.8, 4) is 6.07 Å². The van der Waals surface area contributed by atoms with Crippen molar-refractivity contribution in [2.24, 2.45) is 5.92 Å². The van der Waals surface area contributed by atoms with Crippen molar-refractivity contribution in [3.05, 3.63) is 37.5 Å². The highest BCUT2D eigenvalue weighted by atomic mass is 32.1. The molecule has 0 N–H and O–H groups in total. The van der Waals surface area contributed by atoms with E-state index in [0.29, 0.717) is 15.8 Å². The van der Waals surface area contributed by atoms with Gasteiger partial charge < -0.3 is 4.74 Å². The summed E-state index contributed by atoms with van der Waals surface area (Å²) in [5.74, 6) is -1.23. The van der Waals surface area contributed by atoms with E-state index in [2.05, 4.69) is 11.9 Å². The molecule has 0 saturated carbocycles. The van der Waals surface area contributed by atoms with Gasteiger partial charge in [0.05, 0.1) is 6.07 Å². The Balaban J connectivity index is 1.61. The standard InChI is InChI=1S/C19H20N2O3S2/c1-3-12-4-5-16-13(6-12)7-17(26-16)19(23)24-9-15(22)14(8-20)18-21-11(2)10-25-18/h7,10,12,14H,3-6,9H2,1-2H3/t12-,14-/m0/s1. The quantitative estimate of drug-likeness (QED) is 0.697. The Morgan fingerprint density at radius 1 is 1.50 bits per heavy atom. The van der Waals surface area contributed by atoms with Crippen molar-refractivity contribution in [2.45, 2.75) is 45.4 Å². The molecule has 26 heavy (non-hydrogen) atoms. The van der Waals surface area contributed by atoms with Crippen LogP contribution >= 0.6 is 22.7 Å². The lowest BCUT2D eigenvalue weighted by Crippen LogP contribution is -2.19. The second-order valence-corrected chi connectivity index (χ2v) is 8.53. The molecule has 2 atom stereocenters. The Hall–Kier alpha value is -2.04. The van der Waals surface area contributed by atoms with Gasteiger partial charge in [-0.15, -0.1) is 22.7 Å². The molecule has 136 valence electrons. The van der Waals surface area contributed by atoms with Crippen molar-refractivity contribution in [1.82, 2.24) is 4.98 Å². The van der Waals surface area contributed by atoms with Gasteiger partial charge in [-0.2, -0.15) is 5.26 Å². The molecule has 3 rings (SSSR count). The monoisotopic (exact) mass is 388 g/mol. The number of hydrogen-bond donors (Lipinski definition) is 0. The fourth-order valence-corrected chi connectivity index (χ4v) is 5.07. The minimum Gasteiger partial charge on any atom is -0.453 e. The lowest BCUT2D eigenvalue weighted by molar-refractivity contribution is -0.122. The Morgan fingerprint density at radius 2 is 2.31 bits per heavy atom. The predicted octanol–water partition coefficient (Wildman–Crippen LogP) is 4.06. The molecule has 0 amide bonds. The van der Waals surface area contributed by atoms with Gasteiger partial charge in [-0.1, -0.05) is 13.3 Å². The Morgan fingerprint density at radius 3 is 2.96 bits per heavy atom. The number of ketones is 1. The summed E-state index contributed by atoms with van der Waals surface area (Å²) in [6.45, 7) is 3.59. The fourth-order valence-electron chi connectivity index (χ4n) is 3.11. The average Bonchev–Trinajstić information content (AvgIpc) is 3.25. The zero-order valence-electron chi connectivity index (χ0n) is 14.8. The van der Waals surface area contributed by atoms with Gasteiger partial charge in [-0.25, -0.2) is 9.78 Å². The van der Waals surface area contributed by atoms with E-state index in [1.807, 2.05) is 12.1 Å². The Kier molecular flexibility index (Phi) is 5.84. The highest BCUT2D eigenvalue weighted by Gasteiger charge is 2.26. The molecule has 1 aliphatic carbocycles. The number of carbonyl (C=O) groups excluding carboxylic acids is 2. The minimum atomic E-state index is -0.983. The first-order chi connectivity index (χ1) is 12.5. The van der Waals surface area contributed by atoms with Gasteiger partial charge in [-0.3, -0.25) is 4.79 Å². The molecule has 5 nitrogen and oxygen atoms in total. The number of carbonyl (C=O) groups is 2. The van der Waals surface area contributed by atoms with Gasteiger partial charge in [0, 0.05) is 16.0 Å². The number of thiophene rings is 1. The third kappa shape index (κ3) is 4.02. The number of Topliss-reactive ketones (excluding diaryl/α,β-unsaturated/α-hetero) is 1. The van der Waals surface area contributed by atoms with E-state index in [1.165, 1.54) is 33.1 Å². The van der Waals surface area contributed by atoms with Crippen molar-refractivity contribution in [2.75, 3.05) is 6.61 Å². The number of aromatic nitrogens is 1. The van der Waals surface area contributed by atoms with Crippen LogP contribution in [-0.4, -0.2) is 23.3 Å². The molecule has 0 radical (unpaired) electrons. The van der Waals surface area contributed by atoms with Gasteiger partial charge in [0.2, 0.25) is 0 Å². The molecule has 0 fully saturated rings. The van der Waals surface area contributed by atoms with Gasteiger partial charge in [0.1, 0.15) is 9.88 Å². The van der Waals surface area contributed by atoms with Gasteiger partial charge in [0.15, 0.2) is 18.3 Å². The molecule has 2 aromatic heterocycles. The summed E-state index contributed by atoms with van der Waals surface area (Å²) in [4.78, 5) is 30.6. The maximum absolute atomic E-state index is 12.3. The lowest BCUT2D eigenvalue weighted by Gasteiger charge is -2.19. The van der Waals surface area contributed by atoms with E-state index in [1.54, 1.807) is 12.3 Å². The van der Waals surface area contributed by atoms with Crippen LogP contribution in [0.5, 0.6) is 0 Å². The molecular weight excluding hydrogens is 368 g/mol. The summed E-state index contributed by atoms with van der Waals surface area (Å²) in [6, 6.07) is 3.86. The number of hydrogen-bond acceptors (Lipinski definition) is 7. The van der Waals surface area contributed by atoms with Crippen LogP contribution in [0.15, 0.2) is 11.4 Å². The second kappa shape index (κ2) is 8.11. The predicted molar refractivity (Wildman–Crippen MR) is 101 cm³/mol. The Bertz CT molecular complexity index is 863. The van der Waals surface area contributed by atoms with Crippen molar-refractivity contribution < 1.29 is 14.3 Å². The van der Waals surface area contributed by atoms with Crippen molar-refractivity contribution >= 4 is 34.4 Å². The fraction of sp³-hybridized carbons (Fsp3) is 0.474. The Labute approximate surface area is 160 Å². The first-order valence-corrected chi connectivity index (χ1v) is 10.3. The highest BCUT2D eigenvalue weighted by Crippen LogP contribution is 2.33. The molecule has 0 aliphatic heterocycles. The summed E-state index contributed by atoms with van der Waals surface area (Å²) < 4.78 is 5.18. The average molecular weight is 389 g/mol. The largest absolute Gasteiger partial charge is 0.453 e. The molecule has 2 aromatic rings. The number of ether oxygens (including phenoxy) is 1. The van der Waals surface area contributed by atoms with Crippen LogP contribution < -0.4 is 0 Å². The third-order valence-corrected chi connectivity index (χ3v) is 6.89. The zero-order valence-corrected chi connectivity index (χ0v) is 16.4. The summed E-state index contributed by atoms with van der Waals surface area (Å²) in [7, 11) is 0. The van der Waals surface area contributed by atoms with Gasteiger partial charge >= 0.3 is 5.97 Å². The highest BCUT2D eigenvalue weighted by molar-refractivity contribution is 7.14. The van der Waals surface area contributed by atoms with Crippen LogP contribution in [-0.2, 0) is 22.4 Å². The van der Waals surface area contributed by atoms with E-state index >= 15 is 0 Å². The summed E-state index contributed by atoms with van der Waals surface area (Å²) >= 11 is 2.73. The smallest absolute Gasteiger partial charge is 0.348 e. The van der Waals surface area contributed by atoms with Crippen LogP contribution in [0.3, 0.4) is 0 Å². The number of nitrogens with zero attached hydrogens (tertiary/aromatic N) is 2. The lowest BCUT2D eigenvalue weighted by atomic mass is 9.87. The van der Waals surface area contributed by atoms with E-state index in [4.69, 9.17) is 4.74 Å². The van der Waals surface area contributed by atoms with Crippen LogP contribution in [0.1, 0.15) is 56.5 Å². The molecular formula is C19H20N2O3S2. The number of thiazole rings is 1. The zero-order chi connectivity index (χ0) is 18.7. The molecule has 0 aromatic carbocycles. The van der Waals surface area contributed by atoms with Crippen LogP contribution in [0.2, 0.25) is 0 Å². The number of fused-ring (bicyclic) bond motifs is 1. The number of esters is 1.